The van der Waals surface area contributed by atoms with Crippen LogP contribution in [-0.2, 0) is 0 Å². The first-order valence-corrected chi connectivity index (χ1v) is 6.06. The lowest BCUT2D eigenvalue weighted by molar-refractivity contribution is 0.582. The average molecular weight is 307 g/mol. The van der Waals surface area contributed by atoms with Gasteiger partial charge in [-0.15, -0.1) is 5.10 Å². The van der Waals surface area contributed by atoms with E-state index in [2.05, 4.69) is 5.10 Å². The number of nitriles is 1. The van der Waals surface area contributed by atoms with Gasteiger partial charge in [0.2, 0.25) is 0 Å². The van der Waals surface area contributed by atoms with E-state index in [1.54, 1.807) is 0 Å². The lowest BCUT2D eigenvalue weighted by atomic mass is 10.2. The minimum Gasteiger partial charge on any atom is -0.249 e. The summed E-state index contributed by atoms with van der Waals surface area (Å²) in [5, 5.41) is 12.7. The van der Waals surface area contributed by atoms with Crippen molar-refractivity contribution in [2.75, 3.05) is 0 Å². The number of fused-ring (bicyclic) bond motifs is 1. The molecule has 0 spiro atoms. The van der Waals surface area contributed by atoms with Crippen molar-refractivity contribution in [3.63, 3.8) is 0 Å². The quantitative estimate of drug-likeness (QED) is 0.693. The molecule has 0 radical (unpaired) electrons. The highest BCUT2D eigenvalue weighted by Gasteiger charge is 2.17. The first-order valence-electron chi connectivity index (χ1n) is 5.68. The summed E-state index contributed by atoms with van der Waals surface area (Å²) in [6, 6.07) is 6.02. The van der Waals surface area contributed by atoms with Crippen LogP contribution in [0.1, 0.15) is 5.56 Å². The maximum atomic E-state index is 14.0. The van der Waals surface area contributed by atoms with Gasteiger partial charge in [0.1, 0.15) is 17.6 Å². The third-order valence-electron chi connectivity index (χ3n) is 2.89. The minimum atomic E-state index is -0.941. The molecule has 8 heteroatoms. The molecular formula is C13H5ClF2N4O. The molecule has 0 fully saturated rings. The van der Waals surface area contributed by atoms with E-state index in [4.69, 9.17) is 16.9 Å². The molecule has 3 aromatic rings. The van der Waals surface area contributed by atoms with Crippen LogP contribution >= 0.6 is 11.6 Å². The predicted octanol–water partition coefficient (Wildman–Crippen LogP) is 2.29. The number of halogens is 3. The van der Waals surface area contributed by atoms with Crippen LogP contribution in [0.5, 0.6) is 0 Å². The van der Waals surface area contributed by atoms with Gasteiger partial charge in [0.05, 0.1) is 10.6 Å². The van der Waals surface area contributed by atoms with E-state index >= 15 is 0 Å². The monoisotopic (exact) mass is 306 g/mol. The summed E-state index contributed by atoms with van der Waals surface area (Å²) < 4.78 is 29.4. The van der Waals surface area contributed by atoms with E-state index in [9.17, 15) is 13.6 Å². The van der Waals surface area contributed by atoms with Crippen LogP contribution in [-0.4, -0.2) is 14.2 Å². The highest BCUT2D eigenvalue weighted by molar-refractivity contribution is 6.33. The fourth-order valence-electron chi connectivity index (χ4n) is 1.90. The van der Waals surface area contributed by atoms with Crippen LogP contribution in [0.25, 0.3) is 11.3 Å². The molecule has 5 nitrogen and oxygen atoms in total. The lowest BCUT2D eigenvalue weighted by Gasteiger charge is -2.02. The first kappa shape index (κ1) is 13.3. The van der Waals surface area contributed by atoms with Gasteiger partial charge in [0.15, 0.2) is 11.5 Å². The Bertz CT molecular complexity index is 971. The number of rotatable bonds is 1. The van der Waals surface area contributed by atoms with Gasteiger partial charge < -0.3 is 0 Å². The Morgan fingerprint density at radius 2 is 2.05 bits per heavy atom. The van der Waals surface area contributed by atoms with Crippen molar-refractivity contribution >= 4 is 17.2 Å². The second-order valence-electron chi connectivity index (χ2n) is 4.14. The van der Waals surface area contributed by atoms with Crippen LogP contribution in [0.15, 0.2) is 35.3 Å². The fraction of sp³-hybridized carbons (Fsp3) is 0. The average Bonchev–Trinajstić information content (AvgIpc) is 2.80. The molecule has 3 rings (SSSR count). The van der Waals surface area contributed by atoms with Gasteiger partial charge in [-0.05, 0) is 18.2 Å². The van der Waals surface area contributed by atoms with Gasteiger partial charge in [0, 0.05) is 12.3 Å². The number of pyridine rings is 1. The minimum absolute atomic E-state index is 0.119. The standard InChI is InChI=1S/C13H5ClF2N4O/c14-8-2-1-3-19-12(8)18-20(13(19)21)11-5-9(15)7(6-17)4-10(11)16/h1-5H. The van der Waals surface area contributed by atoms with Gasteiger partial charge in [-0.1, -0.05) is 11.6 Å². The number of aromatic nitrogens is 3. The SMILES string of the molecule is N#Cc1cc(F)c(-n2nc3c(Cl)cccn3c2=O)cc1F. The molecule has 0 atom stereocenters. The maximum absolute atomic E-state index is 14.0. The topological polar surface area (TPSA) is 63.1 Å². The molecule has 0 amide bonds. The van der Waals surface area contributed by atoms with Gasteiger partial charge in [0.25, 0.3) is 0 Å². The third-order valence-corrected chi connectivity index (χ3v) is 3.18. The molecule has 104 valence electrons. The molecule has 0 bridgehead atoms. The highest BCUT2D eigenvalue weighted by atomic mass is 35.5. The van der Waals surface area contributed by atoms with Crippen LogP contribution < -0.4 is 5.69 Å². The molecule has 1 aromatic carbocycles. The number of nitrogens with zero attached hydrogens (tertiary/aromatic N) is 4. The van der Waals surface area contributed by atoms with Crippen molar-refractivity contribution in [1.29, 1.82) is 5.26 Å². The molecule has 2 heterocycles. The Morgan fingerprint density at radius 3 is 2.71 bits per heavy atom. The van der Waals surface area contributed by atoms with Crippen LogP contribution in [0.3, 0.4) is 0 Å². The van der Waals surface area contributed by atoms with Crippen LogP contribution in [0, 0.1) is 23.0 Å². The zero-order chi connectivity index (χ0) is 15.1. The Balaban J connectivity index is 2.34. The van der Waals surface area contributed by atoms with Crippen molar-refractivity contribution < 1.29 is 8.78 Å². The molecular weight excluding hydrogens is 302 g/mol. The fourth-order valence-corrected chi connectivity index (χ4v) is 2.11. The maximum Gasteiger partial charge on any atom is 0.355 e. The van der Waals surface area contributed by atoms with E-state index in [0.717, 1.165) is 10.5 Å². The first-order chi connectivity index (χ1) is 10.0. The van der Waals surface area contributed by atoms with E-state index in [1.807, 2.05) is 0 Å². The van der Waals surface area contributed by atoms with E-state index < -0.39 is 28.6 Å². The Morgan fingerprint density at radius 1 is 1.29 bits per heavy atom. The molecule has 2 aromatic heterocycles. The number of hydrogen-bond donors (Lipinski definition) is 0. The summed E-state index contributed by atoms with van der Waals surface area (Å²) in [6.45, 7) is 0. The van der Waals surface area contributed by atoms with Crippen molar-refractivity contribution in [2.24, 2.45) is 0 Å². The summed E-state index contributed by atoms with van der Waals surface area (Å²) in [5.41, 5.74) is -1.42. The van der Waals surface area contributed by atoms with Crippen LogP contribution in [0.2, 0.25) is 5.02 Å². The van der Waals surface area contributed by atoms with Crippen molar-refractivity contribution in [2.45, 2.75) is 0 Å². The Labute approximate surface area is 121 Å². The predicted molar refractivity (Wildman–Crippen MR) is 70.4 cm³/mol. The summed E-state index contributed by atoms with van der Waals surface area (Å²) in [4.78, 5) is 12.1. The summed E-state index contributed by atoms with van der Waals surface area (Å²) in [6.07, 6.45) is 1.41. The number of benzene rings is 1. The Hall–Kier alpha value is -2.72. The molecule has 0 aliphatic carbocycles. The third kappa shape index (κ3) is 1.97. The van der Waals surface area contributed by atoms with Crippen molar-refractivity contribution in [3.05, 3.63) is 63.2 Å². The van der Waals surface area contributed by atoms with Gasteiger partial charge >= 0.3 is 5.69 Å². The van der Waals surface area contributed by atoms with Gasteiger partial charge in [-0.25, -0.2) is 18.0 Å². The number of hydrogen-bond acceptors (Lipinski definition) is 3. The van der Waals surface area contributed by atoms with Crippen molar-refractivity contribution in [3.8, 4) is 11.8 Å². The van der Waals surface area contributed by atoms with Crippen molar-refractivity contribution in [1.82, 2.24) is 14.2 Å². The normalized spacial score (nSPS) is 10.8. The Kier molecular flexibility index (Phi) is 2.96. The van der Waals surface area contributed by atoms with Crippen LogP contribution in [0.4, 0.5) is 8.78 Å². The summed E-state index contributed by atoms with van der Waals surface area (Å²) in [7, 11) is 0. The highest BCUT2D eigenvalue weighted by Crippen LogP contribution is 2.18. The molecule has 21 heavy (non-hydrogen) atoms. The lowest BCUT2D eigenvalue weighted by Crippen LogP contribution is -2.20. The van der Waals surface area contributed by atoms with E-state index in [0.29, 0.717) is 10.7 Å². The smallest absolute Gasteiger partial charge is 0.249 e. The summed E-state index contributed by atoms with van der Waals surface area (Å²) in [5.74, 6) is -1.88. The van der Waals surface area contributed by atoms with E-state index in [1.165, 1.54) is 24.4 Å². The molecule has 0 N–H and O–H groups in total. The molecule has 0 unspecified atom stereocenters. The van der Waals surface area contributed by atoms with E-state index in [-0.39, 0.29) is 10.7 Å². The zero-order valence-corrected chi connectivity index (χ0v) is 11.0. The molecule has 0 saturated carbocycles. The zero-order valence-electron chi connectivity index (χ0n) is 10.2. The second kappa shape index (κ2) is 4.68. The van der Waals surface area contributed by atoms with Gasteiger partial charge in [-0.3, -0.25) is 0 Å². The molecule has 0 aliphatic heterocycles. The van der Waals surface area contributed by atoms with Gasteiger partial charge in [-0.2, -0.15) is 9.94 Å². The summed E-state index contributed by atoms with van der Waals surface area (Å²) >= 11 is 5.90. The molecule has 0 aliphatic rings. The largest absolute Gasteiger partial charge is 0.355 e. The second-order valence-corrected chi connectivity index (χ2v) is 4.55. The molecule has 0 saturated heterocycles.